The largest absolute Gasteiger partial charge is 0.330 e. The zero-order valence-electron chi connectivity index (χ0n) is 17.0. The van der Waals surface area contributed by atoms with Gasteiger partial charge in [-0.25, -0.2) is 8.42 Å². The van der Waals surface area contributed by atoms with Gasteiger partial charge in [0.2, 0.25) is 15.2 Å². The molecule has 0 bridgehead atoms. The Labute approximate surface area is 184 Å². The number of carbonyl (C=O) groups excluding carboxylic acids is 1. The number of anilines is 3. The van der Waals surface area contributed by atoms with Crippen molar-refractivity contribution in [1.82, 2.24) is 10.2 Å². The molecule has 2 N–H and O–H groups in total. The summed E-state index contributed by atoms with van der Waals surface area (Å²) in [5.41, 5.74) is 4.25. The average molecular weight is 463 g/mol. The number of sulfonamides is 1. The van der Waals surface area contributed by atoms with Gasteiger partial charge in [0.15, 0.2) is 10.1 Å². The van der Waals surface area contributed by atoms with Gasteiger partial charge in [-0.2, -0.15) is 0 Å². The maximum atomic E-state index is 12.7. The van der Waals surface area contributed by atoms with E-state index in [0.717, 1.165) is 17.5 Å². The first-order chi connectivity index (χ1) is 14.1. The van der Waals surface area contributed by atoms with Crippen molar-refractivity contribution in [3.8, 4) is 0 Å². The molecule has 1 atom stereocenters. The monoisotopic (exact) mass is 462 g/mol. The molecule has 0 fully saturated rings. The maximum absolute atomic E-state index is 12.7. The third kappa shape index (κ3) is 5.80. The van der Waals surface area contributed by atoms with E-state index in [1.807, 2.05) is 26.0 Å². The molecular formula is C20H22N4O3S3. The lowest BCUT2D eigenvalue weighted by Crippen LogP contribution is -2.14. The van der Waals surface area contributed by atoms with Crippen LogP contribution in [0.15, 0.2) is 46.8 Å². The summed E-state index contributed by atoms with van der Waals surface area (Å²) in [6.07, 6.45) is 1.08. The predicted octanol–water partition coefficient (Wildman–Crippen LogP) is 4.63. The second-order valence-electron chi connectivity index (χ2n) is 6.82. The molecular weight excluding hydrogens is 440 g/mol. The van der Waals surface area contributed by atoms with Crippen LogP contribution in [0.1, 0.15) is 28.4 Å². The topological polar surface area (TPSA) is 101 Å². The summed E-state index contributed by atoms with van der Waals surface area (Å²) in [5.74, 6) is -0.0647. The van der Waals surface area contributed by atoms with E-state index in [9.17, 15) is 13.2 Å². The summed E-state index contributed by atoms with van der Waals surface area (Å²) in [4.78, 5) is 12.7. The van der Waals surface area contributed by atoms with E-state index in [-0.39, 0.29) is 11.0 Å². The summed E-state index contributed by atoms with van der Waals surface area (Å²) in [6.45, 7) is 5.92. The first-order valence-electron chi connectivity index (χ1n) is 9.08. The van der Waals surface area contributed by atoms with E-state index in [1.165, 1.54) is 28.7 Å². The van der Waals surface area contributed by atoms with Crippen molar-refractivity contribution in [3.63, 3.8) is 0 Å². The Kier molecular flexibility index (Phi) is 6.79. The molecule has 2 aromatic carbocycles. The SMILES string of the molecule is Cc1cccc(Nc2nnc(SC(C)C(=O)c3ccc(NS(C)(=O)=O)cc3)s2)c1C. The van der Waals surface area contributed by atoms with Crippen molar-refractivity contribution >= 4 is 55.4 Å². The van der Waals surface area contributed by atoms with Crippen LogP contribution < -0.4 is 10.0 Å². The number of aromatic nitrogens is 2. The standard InChI is InChI=1S/C20H22N4O3S3/c1-12-6-5-7-17(13(12)2)21-19-22-23-20(29-19)28-14(3)18(25)15-8-10-16(11-9-15)24-30(4,26)27/h5-11,14,24H,1-4H3,(H,21,22). The number of carbonyl (C=O) groups is 1. The highest BCUT2D eigenvalue weighted by Gasteiger charge is 2.19. The van der Waals surface area contributed by atoms with E-state index >= 15 is 0 Å². The predicted molar refractivity (Wildman–Crippen MR) is 124 cm³/mol. The zero-order chi connectivity index (χ0) is 21.9. The molecule has 0 saturated carbocycles. The fourth-order valence-electron chi connectivity index (χ4n) is 2.67. The number of nitrogens with one attached hydrogen (secondary N) is 2. The van der Waals surface area contributed by atoms with Gasteiger partial charge < -0.3 is 5.32 Å². The van der Waals surface area contributed by atoms with Gasteiger partial charge in [-0.15, -0.1) is 10.2 Å². The normalized spacial score (nSPS) is 12.4. The van der Waals surface area contributed by atoms with Crippen LogP contribution in [0.3, 0.4) is 0 Å². The number of rotatable bonds is 8. The number of benzene rings is 2. The second-order valence-corrected chi connectivity index (χ2v) is 11.1. The molecule has 0 saturated heterocycles. The third-order valence-corrected chi connectivity index (χ3v) is 7.00. The van der Waals surface area contributed by atoms with Crippen molar-refractivity contribution in [1.29, 1.82) is 0 Å². The Hall–Kier alpha value is -2.43. The van der Waals surface area contributed by atoms with E-state index in [4.69, 9.17) is 0 Å². The molecule has 10 heteroatoms. The van der Waals surface area contributed by atoms with E-state index in [0.29, 0.717) is 20.7 Å². The van der Waals surface area contributed by atoms with Crippen LogP contribution in [0.4, 0.5) is 16.5 Å². The van der Waals surface area contributed by atoms with Crippen molar-refractivity contribution in [2.45, 2.75) is 30.4 Å². The lowest BCUT2D eigenvalue weighted by molar-refractivity contribution is 0.0994. The highest BCUT2D eigenvalue weighted by atomic mass is 32.2. The Morgan fingerprint density at radius 3 is 2.47 bits per heavy atom. The molecule has 0 amide bonds. The van der Waals surface area contributed by atoms with E-state index < -0.39 is 10.0 Å². The lowest BCUT2D eigenvalue weighted by Gasteiger charge is -2.09. The first kappa shape index (κ1) is 22.3. The Morgan fingerprint density at radius 1 is 1.10 bits per heavy atom. The summed E-state index contributed by atoms with van der Waals surface area (Å²) < 4.78 is 25.6. The van der Waals surface area contributed by atoms with Gasteiger partial charge in [0.25, 0.3) is 0 Å². The smallest absolute Gasteiger partial charge is 0.229 e. The van der Waals surface area contributed by atoms with Gasteiger partial charge in [-0.3, -0.25) is 9.52 Å². The molecule has 158 valence electrons. The van der Waals surface area contributed by atoms with Crippen LogP contribution in [0.5, 0.6) is 0 Å². The molecule has 7 nitrogen and oxygen atoms in total. The summed E-state index contributed by atoms with van der Waals surface area (Å²) in [7, 11) is -3.35. The molecule has 0 spiro atoms. The Balaban J connectivity index is 1.64. The summed E-state index contributed by atoms with van der Waals surface area (Å²) >= 11 is 2.74. The average Bonchev–Trinajstić information content (AvgIpc) is 3.11. The molecule has 0 radical (unpaired) electrons. The lowest BCUT2D eigenvalue weighted by atomic mass is 10.1. The van der Waals surface area contributed by atoms with Crippen LogP contribution >= 0.6 is 23.1 Å². The van der Waals surface area contributed by atoms with Crippen LogP contribution in [0, 0.1) is 13.8 Å². The van der Waals surface area contributed by atoms with Crippen molar-refractivity contribution < 1.29 is 13.2 Å². The maximum Gasteiger partial charge on any atom is 0.229 e. The number of thioether (sulfide) groups is 1. The van der Waals surface area contributed by atoms with Gasteiger partial charge >= 0.3 is 0 Å². The molecule has 3 aromatic rings. The molecule has 0 aliphatic carbocycles. The minimum Gasteiger partial charge on any atom is -0.330 e. The van der Waals surface area contributed by atoms with Gasteiger partial charge in [-0.1, -0.05) is 35.2 Å². The third-order valence-electron chi connectivity index (χ3n) is 4.37. The fraction of sp³-hybridized carbons (Fsp3) is 0.250. The second kappa shape index (κ2) is 9.15. The Morgan fingerprint density at radius 2 is 1.80 bits per heavy atom. The number of aryl methyl sites for hydroxylation is 1. The van der Waals surface area contributed by atoms with Gasteiger partial charge in [0.1, 0.15) is 0 Å². The first-order valence-corrected chi connectivity index (χ1v) is 12.7. The van der Waals surface area contributed by atoms with Gasteiger partial charge in [0, 0.05) is 16.9 Å². The van der Waals surface area contributed by atoms with Crippen molar-refractivity contribution in [2.75, 3.05) is 16.3 Å². The molecule has 1 aromatic heterocycles. The number of Topliss-reactive ketones (excluding diaryl/α,β-unsaturated/α-hetero) is 1. The van der Waals surface area contributed by atoms with Gasteiger partial charge in [-0.05, 0) is 62.2 Å². The number of hydrogen-bond acceptors (Lipinski definition) is 8. The molecule has 0 aliphatic rings. The van der Waals surface area contributed by atoms with Crippen molar-refractivity contribution in [2.24, 2.45) is 0 Å². The Bertz CT molecular complexity index is 1160. The van der Waals surface area contributed by atoms with Crippen LogP contribution in [-0.4, -0.2) is 35.9 Å². The highest BCUT2D eigenvalue weighted by Crippen LogP contribution is 2.32. The fourth-order valence-corrected chi connectivity index (χ4v) is 5.22. The molecule has 30 heavy (non-hydrogen) atoms. The van der Waals surface area contributed by atoms with Crippen LogP contribution in [-0.2, 0) is 10.0 Å². The van der Waals surface area contributed by atoms with Crippen LogP contribution in [0.2, 0.25) is 0 Å². The minimum absolute atomic E-state index is 0.0647. The number of nitrogens with zero attached hydrogens (tertiary/aromatic N) is 2. The quantitative estimate of drug-likeness (QED) is 0.372. The molecule has 1 unspecified atom stereocenters. The molecule has 1 heterocycles. The van der Waals surface area contributed by atoms with Gasteiger partial charge in [0.05, 0.1) is 11.5 Å². The highest BCUT2D eigenvalue weighted by molar-refractivity contribution is 8.02. The molecule has 3 rings (SSSR count). The van der Waals surface area contributed by atoms with E-state index in [2.05, 4.69) is 33.2 Å². The van der Waals surface area contributed by atoms with Crippen LogP contribution in [0.25, 0.3) is 0 Å². The summed E-state index contributed by atoms with van der Waals surface area (Å²) in [6, 6.07) is 12.4. The number of ketones is 1. The van der Waals surface area contributed by atoms with Crippen molar-refractivity contribution in [3.05, 3.63) is 59.2 Å². The molecule has 0 aliphatic heterocycles. The van der Waals surface area contributed by atoms with E-state index in [1.54, 1.807) is 24.3 Å². The zero-order valence-corrected chi connectivity index (χ0v) is 19.4. The number of hydrogen-bond donors (Lipinski definition) is 2. The summed E-state index contributed by atoms with van der Waals surface area (Å²) in [5, 5.41) is 11.9. The minimum atomic E-state index is -3.35.